The molecule has 0 N–H and O–H groups in total. The van der Waals surface area contributed by atoms with Crippen LogP contribution in [0.15, 0.2) is 33.7 Å². The highest BCUT2D eigenvalue weighted by Crippen LogP contribution is 2.36. The molecule has 1 aliphatic rings. The van der Waals surface area contributed by atoms with E-state index < -0.39 is 9.84 Å². The number of benzene rings is 1. The number of aromatic nitrogens is 2. The quantitative estimate of drug-likeness (QED) is 0.838. The lowest BCUT2D eigenvalue weighted by molar-refractivity contribution is 0.219. The molecule has 7 heteroatoms. The molecule has 0 saturated carbocycles. The second-order valence-corrected chi connectivity index (χ2v) is 7.61. The van der Waals surface area contributed by atoms with Gasteiger partial charge in [-0.3, -0.25) is 4.90 Å². The highest BCUT2D eigenvalue weighted by atomic mass is 32.2. The Bertz CT molecular complexity index is 770. The molecule has 2 heterocycles. The first-order valence-corrected chi connectivity index (χ1v) is 9.00. The maximum Gasteiger partial charge on any atom is 0.240 e. The predicted octanol–water partition coefficient (Wildman–Crippen LogP) is 1.98. The lowest BCUT2D eigenvalue weighted by Gasteiger charge is -2.22. The van der Waals surface area contributed by atoms with E-state index in [2.05, 4.69) is 17.1 Å². The van der Waals surface area contributed by atoms with E-state index in [0.717, 1.165) is 18.4 Å². The second kappa shape index (κ2) is 5.81. The van der Waals surface area contributed by atoms with E-state index in [1.165, 1.54) is 0 Å². The van der Waals surface area contributed by atoms with E-state index in [1.807, 2.05) is 24.1 Å². The minimum absolute atomic E-state index is 0.0960. The largest absolute Gasteiger partial charge is 0.338 e. The molecule has 0 saturated heterocycles. The summed E-state index contributed by atoms with van der Waals surface area (Å²) in [4.78, 5) is 6.72. The molecule has 0 aliphatic carbocycles. The third kappa shape index (κ3) is 2.78. The van der Waals surface area contributed by atoms with Crippen molar-refractivity contribution in [2.75, 3.05) is 12.8 Å². The fraction of sp³-hybridized carbons (Fsp3) is 0.467. The van der Waals surface area contributed by atoms with Crippen LogP contribution in [0.4, 0.5) is 0 Å². The van der Waals surface area contributed by atoms with Crippen molar-refractivity contribution in [2.24, 2.45) is 0 Å². The van der Waals surface area contributed by atoms with Gasteiger partial charge in [0.2, 0.25) is 5.89 Å². The van der Waals surface area contributed by atoms with E-state index in [-0.39, 0.29) is 11.8 Å². The normalized spacial score (nSPS) is 19.5. The van der Waals surface area contributed by atoms with Gasteiger partial charge in [-0.05, 0) is 25.1 Å². The molecule has 1 aromatic carbocycles. The number of nitrogens with zero attached hydrogens (tertiary/aromatic N) is 3. The lowest BCUT2D eigenvalue weighted by atomic mass is 10.1. The first-order valence-electron chi connectivity index (χ1n) is 7.34. The van der Waals surface area contributed by atoms with Crippen molar-refractivity contribution in [2.45, 2.75) is 37.2 Å². The second-order valence-electron chi connectivity index (χ2n) is 5.60. The number of fused-ring (bicyclic) bond motifs is 1. The Morgan fingerprint density at radius 1 is 1.36 bits per heavy atom. The highest BCUT2D eigenvalue weighted by Gasteiger charge is 2.36. The average molecular weight is 321 g/mol. The molecule has 118 valence electrons. The SMILES string of the molecule is CCCc1noc(CN(C)C2CS(=O)(=O)c3ccccc32)n1. The standard InChI is InChI=1S/C15H19N3O3S/c1-3-6-14-16-15(21-17-14)9-18(2)12-10-22(19,20)13-8-5-4-7-11(12)13/h4-5,7-8,12H,3,6,9-10H2,1-2H3. The Hall–Kier alpha value is -1.73. The van der Waals surface area contributed by atoms with Crippen LogP contribution in [0.2, 0.25) is 0 Å². The van der Waals surface area contributed by atoms with E-state index in [9.17, 15) is 8.42 Å². The van der Waals surface area contributed by atoms with Gasteiger partial charge in [0.05, 0.1) is 23.2 Å². The fourth-order valence-electron chi connectivity index (χ4n) is 2.79. The van der Waals surface area contributed by atoms with Gasteiger partial charge in [-0.15, -0.1) is 0 Å². The van der Waals surface area contributed by atoms with Crippen LogP contribution in [0, 0.1) is 0 Å². The molecule has 22 heavy (non-hydrogen) atoms. The van der Waals surface area contributed by atoms with Crippen LogP contribution < -0.4 is 0 Å². The molecule has 0 amide bonds. The van der Waals surface area contributed by atoms with Gasteiger partial charge < -0.3 is 4.52 Å². The van der Waals surface area contributed by atoms with Crippen LogP contribution in [0.5, 0.6) is 0 Å². The van der Waals surface area contributed by atoms with Crippen molar-refractivity contribution >= 4 is 9.84 Å². The number of sulfone groups is 1. The summed E-state index contributed by atoms with van der Waals surface area (Å²) in [7, 11) is -1.32. The van der Waals surface area contributed by atoms with E-state index in [0.29, 0.717) is 23.2 Å². The van der Waals surface area contributed by atoms with Crippen molar-refractivity contribution in [1.29, 1.82) is 0 Å². The summed E-state index contributed by atoms with van der Waals surface area (Å²) in [5.74, 6) is 1.32. The molecule has 1 atom stereocenters. The zero-order chi connectivity index (χ0) is 15.7. The predicted molar refractivity (Wildman–Crippen MR) is 81.0 cm³/mol. The molecule has 1 aromatic heterocycles. The van der Waals surface area contributed by atoms with Gasteiger partial charge in [-0.1, -0.05) is 30.3 Å². The average Bonchev–Trinajstić information content (AvgIpc) is 3.03. The van der Waals surface area contributed by atoms with Crippen LogP contribution in [-0.2, 0) is 22.8 Å². The Morgan fingerprint density at radius 3 is 2.91 bits per heavy atom. The molecular formula is C15H19N3O3S. The van der Waals surface area contributed by atoms with Crippen LogP contribution in [0.3, 0.4) is 0 Å². The van der Waals surface area contributed by atoms with Crippen LogP contribution in [0.25, 0.3) is 0 Å². The van der Waals surface area contributed by atoms with Crippen LogP contribution in [-0.4, -0.2) is 36.3 Å². The van der Waals surface area contributed by atoms with Gasteiger partial charge in [-0.25, -0.2) is 8.42 Å². The van der Waals surface area contributed by atoms with Gasteiger partial charge in [0.15, 0.2) is 15.7 Å². The summed E-state index contributed by atoms with van der Waals surface area (Å²) >= 11 is 0. The summed E-state index contributed by atoms with van der Waals surface area (Å²) < 4.78 is 29.7. The first kappa shape index (κ1) is 15.2. The van der Waals surface area contributed by atoms with Crippen molar-refractivity contribution in [3.63, 3.8) is 0 Å². The van der Waals surface area contributed by atoms with Crippen molar-refractivity contribution in [3.8, 4) is 0 Å². The summed E-state index contributed by atoms with van der Waals surface area (Å²) in [6.45, 7) is 2.49. The zero-order valence-corrected chi connectivity index (χ0v) is 13.5. The topological polar surface area (TPSA) is 76.3 Å². The zero-order valence-electron chi connectivity index (χ0n) is 12.7. The number of hydrogen-bond donors (Lipinski definition) is 0. The monoisotopic (exact) mass is 321 g/mol. The molecular weight excluding hydrogens is 302 g/mol. The molecule has 6 nitrogen and oxygen atoms in total. The van der Waals surface area contributed by atoms with Crippen molar-refractivity contribution in [3.05, 3.63) is 41.5 Å². The Kier molecular flexibility index (Phi) is 4.01. The van der Waals surface area contributed by atoms with E-state index >= 15 is 0 Å². The highest BCUT2D eigenvalue weighted by molar-refractivity contribution is 7.91. The summed E-state index contributed by atoms with van der Waals surface area (Å²) in [6.07, 6.45) is 1.75. The van der Waals surface area contributed by atoms with E-state index in [1.54, 1.807) is 12.1 Å². The third-order valence-electron chi connectivity index (χ3n) is 3.89. The minimum Gasteiger partial charge on any atom is -0.338 e. The first-order chi connectivity index (χ1) is 10.5. The molecule has 0 bridgehead atoms. The number of aryl methyl sites for hydroxylation is 1. The number of hydrogen-bond acceptors (Lipinski definition) is 6. The fourth-order valence-corrected chi connectivity index (χ4v) is 4.67. The number of rotatable bonds is 5. The summed E-state index contributed by atoms with van der Waals surface area (Å²) in [6, 6.07) is 6.99. The van der Waals surface area contributed by atoms with Crippen molar-refractivity contribution in [1.82, 2.24) is 15.0 Å². The molecule has 3 rings (SSSR count). The van der Waals surface area contributed by atoms with Gasteiger partial charge in [0, 0.05) is 6.42 Å². The summed E-state index contributed by atoms with van der Waals surface area (Å²) in [5.41, 5.74) is 0.846. The smallest absolute Gasteiger partial charge is 0.240 e. The van der Waals surface area contributed by atoms with Crippen molar-refractivity contribution < 1.29 is 12.9 Å². The molecule has 0 spiro atoms. The third-order valence-corrected chi connectivity index (χ3v) is 5.69. The maximum absolute atomic E-state index is 12.2. The van der Waals surface area contributed by atoms with Gasteiger partial charge in [-0.2, -0.15) is 4.98 Å². The Morgan fingerprint density at radius 2 is 2.14 bits per heavy atom. The van der Waals surface area contributed by atoms with Gasteiger partial charge >= 0.3 is 0 Å². The molecule has 2 aromatic rings. The summed E-state index contributed by atoms with van der Waals surface area (Å²) in [5, 5.41) is 3.93. The maximum atomic E-state index is 12.2. The molecule has 0 radical (unpaired) electrons. The van der Waals surface area contributed by atoms with Crippen LogP contribution >= 0.6 is 0 Å². The molecule has 1 unspecified atom stereocenters. The Labute approximate surface area is 130 Å². The van der Waals surface area contributed by atoms with Gasteiger partial charge in [0.1, 0.15) is 0 Å². The van der Waals surface area contributed by atoms with Crippen LogP contribution in [0.1, 0.15) is 36.7 Å². The van der Waals surface area contributed by atoms with E-state index in [4.69, 9.17) is 4.52 Å². The Balaban J connectivity index is 1.80. The van der Waals surface area contributed by atoms with Gasteiger partial charge in [0.25, 0.3) is 0 Å². The molecule has 1 aliphatic heterocycles. The minimum atomic E-state index is -3.20. The lowest BCUT2D eigenvalue weighted by Crippen LogP contribution is -2.25. The molecule has 0 fully saturated rings.